The Kier molecular flexibility index (Phi) is 3.91. The maximum atomic E-state index is 11.5. The number of hydrogen-bond acceptors (Lipinski definition) is 5. The van der Waals surface area contributed by atoms with Gasteiger partial charge in [0, 0.05) is 18.0 Å². The highest BCUT2D eigenvalue weighted by Crippen LogP contribution is 2.15. The number of hydrogen-bond donors (Lipinski definition) is 2. The summed E-state index contributed by atoms with van der Waals surface area (Å²) in [4.78, 5) is 8.19. The normalized spacial score (nSPS) is 13.4. The summed E-state index contributed by atoms with van der Waals surface area (Å²) < 4.78 is 25.5. The smallest absolute Gasteiger partial charge is 0.211 e. The first-order chi connectivity index (χ1) is 9.02. The molecule has 2 aromatic heterocycles. The van der Waals surface area contributed by atoms with Crippen LogP contribution in [-0.4, -0.2) is 34.3 Å². The Morgan fingerprint density at radius 1 is 1.37 bits per heavy atom. The molecule has 0 fully saturated rings. The minimum atomic E-state index is -3.27. The summed E-state index contributed by atoms with van der Waals surface area (Å²) >= 11 is 0. The van der Waals surface area contributed by atoms with E-state index >= 15 is 0 Å². The molecule has 0 aliphatic carbocycles. The van der Waals surface area contributed by atoms with Crippen molar-refractivity contribution in [1.82, 2.24) is 24.9 Å². The van der Waals surface area contributed by atoms with E-state index < -0.39 is 16.1 Å². The van der Waals surface area contributed by atoms with Crippen LogP contribution in [0.2, 0.25) is 0 Å². The molecule has 0 bridgehead atoms. The van der Waals surface area contributed by atoms with Crippen molar-refractivity contribution >= 4 is 10.0 Å². The molecule has 1 unspecified atom stereocenters. The Morgan fingerprint density at radius 3 is 2.68 bits per heavy atom. The van der Waals surface area contributed by atoms with E-state index in [2.05, 4.69) is 24.9 Å². The van der Waals surface area contributed by atoms with Gasteiger partial charge in [-0.25, -0.2) is 18.1 Å². The molecule has 2 aromatic rings. The van der Waals surface area contributed by atoms with Crippen molar-refractivity contribution in [2.75, 3.05) is 5.75 Å². The summed E-state index contributed by atoms with van der Waals surface area (Å²) in [5, 5.41) is 6.81. The molecule has 0 amide bonds. The van der Waals surface area contributed by atoms with E-state index in [-0.39, 0.29) is 5.75 Å². The molecule has 0 saturated heterocycles. The van der Waals surface area contributed by atoms with Gasteiger partial charge >= 0.3 is 0 Å². The maximum Gasteiger partial charge on any atom is 0.211 e. The molecule has 7 nitrogen and oxygen atoms in total. The summed E-state index contributed by atoms with van der Waals surface area (Å²) in [5.41, 5.74) is 0.822. The summed E-state index contributed by atoms with van der Waals surface area (Å²) in [6.45, 7) is 3.29. The standard InChI is InChI=1S/C11H15N5O2S/c1-3-19(17,18)16-8(2)10-13-11(15-14-10)9-4-6-12-7-5-9/h4-8,16H,3H2,1-2H3,(H,13,14,15). The molecule has 1 atom stereocenters. The average Bonchev–Trinajstić information content (AvgIpc) is 2.89. The zero-order valence-electron chi connectivity index (χ0n) is 10.7. The fourth-order valence-electron chi connectivity index (χ4n) is 1.51. The van der Waals surface area contributed by atoms with Crippen LogP contribution in [0.25, 0.3) is 11.4 Å². The summed E-state index contributed by atoms with van der Waals surface area (Å²) in [5.74, 6) is 1.02. The highest BCUT2D eigenvalue weighted by molar-refractivity contribution is 7.89. The van der Waals surface area contributed by atoms with E-state index in [0.29, 0.717) is 11.6 Å². The van der Waals surface area contributed by atoms with Gasteiger partial charge < -0.3 is 0 Å². The zero-order valence-corrected chi connectivity index (χ0v) is 11.5. The second-order valence-corrected chi connectivity index (χ2v) is 6.07. The average molecular weight is 281 g/mol. The Bertz CT molecular complexity index is 638. The lowest BCUT2D eigenvalue weighted by Gasteiger charge is -2.09. The Hall–Kier alpha value is -1.80. The molecule has 0 saturated carbocycles. The van der Waals surface area contributed by atoms with Crippen molar-refractivity contribution in [3.63, 3.8) is 0 Å². The van der Waals surface area contributed by atoms with Crippen LogP contribution >= 0.6 is 0 Å². The van der Waals surface area contributed by atoms with Crippen molar-refractivity contribution < 1.29 is 8.42 Å². The number of nitrogens with zero attached hydrogens (tertiary/aromatic N) is 3. The van der Waals surface area contributed by atoms with Gasteiger partial charge in [-0.15, -0.1) is 0 Å². The fourth-order valence-corrected chi connectivity index (χ4v) is 2.32. The number of nitrogens with one attached hydrogen (secondary N) is 2. The Morgan fingerprint density at radius 2 is 2.05 bits per heavy atom. The lowest BCUT2D eigenvalue weighted by molar-refractivity contribution is 0.561. The number of aromatic nitrogens is 4. The molecule has 0 radical (unpaired) electrons. The van der Waals surface area contributed by atoms with Crippen LogP contribution in [0, 0.1) is 0 Å². The number of pyridine rings is 1. The lowest BCUT2D eigenvalue weighted by Crippen LogP contribution is -2.28. The zero-order chi connectivity index (χ0) is 13.9. The van der Waals surface area contributed by atoms with E-state index in [9.17, 15) is 8.42 Å². The minimum absolute atomic E-state index is 0.0304. The van der Waals surface area contributed by atoms with Crippen molar-refractivity contribution in [3.8, 4) is 11.4 Å². The third-order valence-corrected chi connectivity index (χ3v) is 4.06. The molecule has 0 aromatic carbocycles. The molecule has 0 aliphatic heterocycles. The Balaban J connectivity index is 2.18. The van der Waals surface area contributed by atoms with Gasteiger partial charge in [-0.3, -0.25) is 10.1 Å². The molecule has 8 heteroatoms. The van der Waals surface area contributed by atoms with E-state index in [4.69, 9.17) is 0 Å². The lowest BCUT2D eigenvalue weighted by atomic mass is 10.2. The van der Waals surface area contributed by atoms with Gasteiger partial charge in [0.05, 0.1) is 11.8 Å². The predicted octanol–water partition coefficient (Wildman–Crippen LogP) is 0.867. The quantitative estimate of drug-likeness (QED) is 0.846. The number of sulfonamides is 1. The van der Waals surface area contributed by atoms with Crippen molar-refractivity contribution in [3.05, 3.63) is 30.4 Å². The first-order valence-electron chi connectivity index (χ1n) is 5.84. The van der Waals surface area contributed by atoms with Crippen LogP contribution in [0.3, 0.4) is 0 Å². The molecule has 2 rings (SSSR count). The van der Waals surface area contributed by atoms with E-state index in [0.717, 1.165) is 5.56 Å². The minimum Gasteiger partial charge on any atom is -0.265 e. The summed E-state index contributed by atoms with van der Waals surface area (Å²) in [6.07, 6.45) is 3.29. The van der Waals surface area contributed by atoms with Crippen LogP contribution in [0.15, 0.2) is 24.5 Å². The van der Waals surface area contributed by atoms with Crippen molar-refractivity contribution in [1.29, 1.82) is 0 Å². The summed E-state index contributed by atoms with van der Waals surface area (Å²) in [7, 11) is -3.27. The van der Waals surface area contributed by atoms with Gasteiger partial charge in [0.15, 0.2) is 5.82 Å². The highest BCUT2D eigenvalue weighted by Gasteiger charge is 2.17. The monoisotopic (exact) mass is 281 g/mol. The number of H-pyrrole nitrogens is 1. The highest BCUT2D eigenvalue weighted by atomic mass is 32.2. The van der Waals surface area contributed by atoms with Crippen molar-refractivity contribution in [2.24, 2.45) is 0 Å². The first kappa shape index (κ1) is 13.6. The first-order valence-corrected chi connectivity index (χ1v) is 7.50. The maximum absolute atomic E-state index is 11.5. The van der Waals surface area contributed by atoms with Crippen molar-refractivity contribution in [2.45, 2.75) is 19.9 Å². The number of rotatable bonds is 5. The van der Waals surface area contributed by atoms with Gasteiger partial charge in [-0.05, 0) is 26.0 Å². The molecule has 102 valence electrons. The predicted molar refractivity (Wildman–Crippen MR) is 70.6 cm³/mol. The molecule has 0 spiro atoms. The largest absolute Gasteiger partial charge is 0.265 e. The molecule has 2 N–H and O–H groups in total. The SMILES string of the molecule is CCS(=O)(=O)NC(C)c1nc(-c2ccncc2)n[nH]1. The van der Waals surface area contributed by atoms with Gasteiger partial charge in [0.25, 0.3) is 0 Å². The van der Waals surface area contributed by atoms with E-state index in [1.165, 1.54) is 0 Å². The van der Waals surface area contributed by atoms with E-state index in [1.807, 2.05) is 0 Å². The third-order valence-electron chi connectivity index (χ3n) is 2.59. The topological polar surface area (TPSA) is 101 Å². The number of aromatic amines is 1. The van der Waals surface area contributed by atoms with Crippen LogP contribution < -0.4 is 4.72 Å². The molecule has 19 heavy (non-hydrogen) atoms. The van der Waals surface area contributed by atoms with Gasteiger partial charge in [-0.1, -0.05) is 0 Å². The van der Waals surface area contributed by atoms with Gasteiger partial charge in [-0.2, -0.15) is 5.10 Å². The van der Waals surface area contributed by atoms with Crippen LogP contribution in [-0.2, 0) is 10.0 Å². The molecular formula is C11H15N5O2S. The molecular weight excluding hydrogens is 266 g/mol. The Labute approximate surface area is 111 Å². The van der Waals surface area contributed by atoms with Gasteiger partial charge in [0.1, 0.15) is 5.82 Å². The third kappa shape index (κ3) is 3.36. The molecule has 2 heterocycles. The van der Waals surface area contributed by atoms with Crippen LogP contribution in [0.1, 0.15) is 25.7 Å². The fraction of sp³-hybridized carbons (Fsp3) is 0.364. The van der Waals surface area contributed by atoms with Crippen LogP contribution in [0.4, 0.5) is 0 Å². The van der Waals surface area contributed by atoms with Crippen LogP contribution in [0.5, 0.6) is 0 Å². The second kappa shape index (κ2) is 5.45. The second-order valence-electron chi connectivity index (χ2n) is 4.02. The molecule has 0 aliphatic rings. The van der Waals surface area contributed by atoms with Gasteiger partial charge in [0.2, 0.25) is 10.0 Å². The summed E-state index contributed by atoms with van der Waals surface area (Å²) in [6, 6.07) is 3.12. The van der Waals surface area contributed by atoms with E-state index in [1.54, 1.807) is 38.4 Å².